The third-order valence-electron chi connectivity index (χ3n) is 4.65. The molecule has 3 amide bonds. The van der Waals surface area contributed by atoms with Gasteiger partial charge in [0.25, 0.3) is 17.7 Å². The zero-order valence-corrected chi connectivity index (χ0v) is 20.5. The second-order valence-corrected chi connectivity index (χ2v) is 9.12. The van der Waals surface area contributed by atoms with Crippen LogP contribution in [-0.2, 0) is 14.3 Å². The van der Waals surface area contributed by atoms with Gasteiger partial charge in [-0.15, -0.1) is 0 Å². The van der Waals surface area contributed by atoms with Crippen molar-refractivity contribution < 1.29 is 28.4 Å². The van der Waals surface area contributed by atoms with Crippen molar-refractivity contribution in [2.45, 2.75) is 33.2 Å². The van der Waals surface area contributed by atoms with Crippen LogP contribution >= 0.6 is 46.4 Å². The van der Waals surface area contributed by atoms with Gasteiger partial charge in [-0.25, -0.2) is 4.79 Å². The van der Waals surface area contributed by atoms with Crippen LogP contribution in [0.15, 0.2) is 10.6 Å². The number of aromatic nitrogens is 1. The van der Waals surface area contributed by atoms with Crippen LogP contribution in [0.4, 0.5) is 5.82 Å². The molecule has 9 nitrogen and oxygen atoms in total. The number of hydrogen-bond acceptors (Lipinski definition) is 7. The summed E-state index contributed by atoms with van der Waals surface area (Å²) >= 11 is 24.4. The minimum atomic E-state index is -1.34. The normalized spacial score (nSPS) is 14.0. The second-order valence-electron chi connectivity index (χ2n) is 7.61. The monoisotopic (exact) mass is 535 g/mol. The van der Waals surface area contributed by atoms with Crippen LogP contribution in [0.5, 0.6) is 0 Å². The number of nitrogens with zero attached hydrogens (tertiary/aromatic N) is 2. The molecule has 1 aromatic heterocycles. The fraction of sp³-hybridized carbons (Fsp3) is 0.350. The number of fused-ring (bicyclic) bond motifs is 1. The number of carbonyl (C=O) groups excluding carboxylic acids is 4. The number of carbonyl (C=O) groups is 4. The number of amides is 3. The van der Waals surface area contributed by atoms with Gasteiger partial charge in [-0.2, -0.15) is 0 Å². The fourth-order valence-electron chi connectivity index (χ4n) is 3.24. The first-order valence-corrected chi connectivity index (χ1v) is 11.1. The lowest BCUT2D eigenvalue weighted by atomic mass is 10.0. The van der Waals surface area contributed by atoms with Gasteiger partial charge >= 0.3 is 5.97 Å². The molecule has 0 bridgehead atoms. The summed E-state index contributed by atoms with van der Waals surface area (Å²) in [6.45, 7) is 4.53. The van der Waals surface area contributed by atoms with Gasteiger partial charge in [-0.05, 0) is 19.3 Å². The molecular weight excluding hydrogens is 520 g/mol. The van der Waals surface area contributed by atoms with E-state index in [-0.39, 0.29) is 49.4 Å². The zero-order valence-electron chi connectivity index (χ0n) is 17.5. The summed E-state index contributed by atoms with van der Waals surface area (Å²) in [6, 6.07) is 0.133. The van der Waals surface area contributed by atoms with Gasteiger partial charge in [0, 0.05) is 6.07 Å². The number of rotatable bonds is 7. The Morgan fingerprint density at radius 1 is 1.06 bits per heavy atom. The molecule has 1 aliphatic heterocycles. The van der Waals surface area contributed by atoms with Gasteiger partial charge < -0.3 is 14.6 Å². The molecule has 1 aromatic carbocycles. The Morgan fingerprint density at radius 2 is 1.61 bits per heavy atom. The minimum Gasteiger partial charge on any atom is -0.454 e. The molecule has 2 heterocycles. The maximum atomic E-state index is 13.1. The molecule has 1 aliphatic rings. The van der Waals surface area contributed by atoms with E-state index in [1.165, 1.54) is 6.07 Å². The maximum absolute atomic E-state index is 13.1. The Labute approximate surface area is 208 Å². The maximum Gasteiger partial charge on any atom is 0.329 e. The summed E-state index contributed by atoms with van der Waals surface area (Å²) in [7, 11) is 0. The van der Waals surface area contributed by atoms with Crippen LogP contribution in [0.2, 0.25) is 20.1 Å². The lowest BCUT2D eigenvalue weighted by molar-refractivity contribution is -0.151. The molecule has 0 radical (unpaired) electrons. The highest BCUT2D eigenvalue weighted by Crippen LogP contribution is 2.45. The van der Waals surface area contributed by atoms with E-state index < -0.39 is 36.3 Å². The SMILES string of the molecule is Cc1cc(NC(=O)COC(=O)[C@@H](CC(C)C)N2C(=O)c3c(Cl)c(Cl)c(Cl)c(Cl)c3C2=O)no1. The van der Waals surface area contributed by atoms with Crippen molar-refractivity contribution in [2.75, 3.05) is 11.9 Å². The number of aryl methyl sites for hydroxylation is 1. The van der Waals surface area contributed by atoms with Crippen LogP contribution in [0.3, 0.4) is 0 Å². The van der Waals surface area contributed by atoms with Gasteiger partial charge in [0.2, 0.25) is 0 Å². The number of ether oxygens (including phenoxy) is 1. The number of imide groups is 1. The van der Waals surface area contributed by atoms with Crippen LogP contribution in [0.1, 0.15) is 46.7 Å². The summed E-state index contributed by atoms with van der Waals surface area (Å²) in [4.78, 5) is 51.9. The quantitative estimate of drug-likeness (QED) is 0.234. The molecule has 33 heavy (non-hydrogen) atoms. The number of hydrogen-bond donors (Lipinski definition) is 1. The molecule has 0 unspecified atom stereocenters. The number of halogens is 4. The first-order chi connectivity index (χ1) is 15.4. The van der Waals surface area contributed by atoms with Crippen molar-refractivity contribution >= 4 is 75.9 Å². The van der Waals surface area contributed by atoms with Gasteiger partial charge in [0.1, 0.15) is 11.8 Å². The van der Waals surface area contributed by atoms with Crippen molar-refractivity contribution in [3.8, 4) is 0 Å². The lowest BCUT2D eigenvalue weighted by Crippen LogP contribution is -2.47. The molecule has 176 valence electrons. The van der Waals surface area contributed by atoms with Crippen LogP contribution in [0.25, 0.3) is 0 Å². The molecule has 2 aromatic rings. The third-order valence-corrected chi connectivity index (χ3v) is 6.45. The molecule has 13 heteroatoms. The molecule has 0 fully saturated rings. The van der Waals surface area contributed by atoms with Crippen molar-refractivity contribution in [3.63, 3.8) is 0 Å². The molecule has 1 atom stereocenters. The van der Waals surface area contributed by atoms with Crippen molar-refractivity contribution in [2.24, 2.45) is 5.92 Å². The Morgan fingerprint density at radius 3 is 2.06 bits per heavy atom. The second kappa shape index (κ2) is 9.89. The summed E-state index contributed by atoms with van der Waals surface area (Å²) in [5, 5.41) is 5.12. The Bertz CT molecular complexity index is 1120. The summed E-state index contributed by atoms with van der Waals surface area (Å²) in [6.07, 6.45) is 0.0606. The molecule has 1 N–H and O–H groups in total. The van der Waals surface area contributed by atoms with E-state index in [2.05, 4.69) is 10.5 Å². The number of esters is 1. The predicted octanol–water partition coefficient (Wildman–Crippen LogP) is 4.79. The number of nitrogens with one attached hydrogen (secondary N) is 1. The Hall–Kier alpha value is -2.33. The van der Waals surface area contributed by atoms with Crippen molar-refractivity contribution in [1.82, 2.24) is 10.1 Å². The first-order valence-electron chi connectivity index (χ1n) is 9.57. The average molecular weight is 537 g/mol. The Kier molecular flexibility index (Phi) is 7.58. The standard InChI is InChI=1S/C20H17Cl4N3O6/c1-7(2)4-9(20(31)32-6-11(28)25-10-5-8(3)33-26-10)27-18(29)12-13(19(27)30)15(22)17(24)16(23)14(12)21/h5,7,9H,4,6H2,1-3H3,(H,25,26,28)/t9-/m1/s1. The molecule has 0 aliphatic carbocycles. The average Bonchev–Trinajstić information content (AvgIpc) is 3.26. The third kappa shape index (κ3) is 4.96. The topological polar surface area (TPSA) is 119 Å². The van der Waals surface area contributed by atoms with E-state index in [9.17, 15) is 19.2 Å². The van der Waals surface area contributed by atoms with E-state index in [0.29, 0.717) is 10.7 Å². The van der Waals surface area contributed by atoms with Gasteiger partial charge in [-0.3, -0.25) is 19.3 Å². The summed E-state index contributed by atoms with van der Waals surface area (Å²) in [5.41, 5.74) is -0.497. The van der Waals surface area contributed by atoms with E-state index >= 15 is 0 Å². The van der Waals surface area contributed by atoms with Gasteiger partial charge in [0.05, 0.1) is 31.2 Å². The molecular formula is C20H17Cl4N3O6. The molecule has 0 saturated carbocycles. The molecule has 3 rings (SSSR count). The first kappa shape index (κ1) is 25.3. The van der Waals surface area contributed by atoms with E-state index in [1.807, 2.05) is 0 Å². The largest absolute Gasteiger partial charge is 0.454 e. The highest BCUT2D eigenvalue weighted by atomic mass is 35.5. The van der Waals surface area contributed by atoms with Crippen molar-refractivity contribution in [3.05, 3.63) is 43.0 Å². The van der Waals surface area contributed by atoms with Crippen LogP contribution in [0, 0.1) is 12.8 Å². The Balaban J connectivity index is 1.83. The van der Waals surface area contributed by atoms with E-state index in [0.717, 1.165) is 0 Å². The highest BCUT2D eigenvalue weighted by Gasteiger charge is 2.47. The van der Waals surface area contributed by atoms with Gasteiger partial charge in [-0.1, -0.05) is 65.4 Å². The molecule has 0 saturated heterocycles. The van der Waals surface area contributed by atoms with Crippen LogP contribution < -0.4 is 5.32 Å². The zero-order chi connectivity index (χ0) is 24.6. The number of benzene rings is 1. The lowest BCUT2D eigenvalue weighted by Gasteiger charge is -2.25. The predicted molar refractivity (Wildman–Crippen MR) is 121 cm³/mol. The molecule has 0 spiro atoms. The van der Waals surface area contributed by atoms with Gasteiger partial charge in [0.15, 0.2) is 12.4 Å². The highest BCUT2D eigenvalue weighted by molar-refractivity contribution is 6.55. The van der Waals surface area contributed by atoms with Crippen molar-refractivity contribution in [1.29, 1.82) is 0 Å². The minimum absolute atomic E-state index is 0.0606. The summed E-state index contributed by atoms with van der Waals surface area (Å²) in [5.74, 6) is -2.90. The summed E-state index contributed by atoms with van der Waals surface area (Å²) < 4.78 is 9.92. The number of anilines is 1. The fourth-order valence-corrected chi connectivity index (χ4v) is 4.25. The van der Waals surface area contributed by atoms with Crippen LogP contribution in [-0.4, -0.2) is 46.4 Å². The van der Waals surface area contributed by atoms with E-state index in [1.54, 1.807) is 20.8 Å². The van der Waals surface area contributed by atoms with E-state index in [4.69, 9.17) is 55.7 Å². The smallest absolute Gasteiger partial charge is 0.329 e.